The van der Waals surface area contributed by atoms with E-state index in [-0.39, 0.29) is 28.8 Å². The number of imidazole rings is 1. The third-order valence-corrected chi connectivity index (χ3v) is 3.60. The summed E-state index contributed by atoms with van der Waals surface area (Å²) in [6, 6.07) is 14.6. The highest BCUT2D eigenvalue weighted by molar-refractivity contribution is 5.94. The van der Waals surface area contributed by atoms with Gasteiger partial charge in [-0.05, 0) is 6.07 Å². The lowest BCUT2D eigenvalue weighted by Gasteiger charge is -2.11. The Labute approximate surface area is 142 Å². The molecule has 1 heterocycles. The minimum atomic E-state index is -1.26. The normalized spacial score (nSPS) is 10.4. The maximum Gasteiger partial charge on any atom is 0.356 e. The van der Waals surface area contributed by atoms with E-state index in [4.69, 9.17) is 4.74 Å². The van der Waals surface area contributed by atoms with Crippen molar-refractivity contribution in [3.8, 4) is 23.0 Å². The number of carbonyl (C=O) groups is 1. The standard InChI is InChI=1S/C17H13N3O5/c1-25-17-18-14(16(21)22)15(11-7-3-2-4-8-11)19(17)12-9-5-6-10-13(12)20(23)24/h2-10H,1H3,(H,21,22). The van der Waals surface area contributed by atoms with E-state index in [0.29, 0.717) is 5.56 Å². The summed E-state index contributed by atoms with van der Waals surface area (Å²) in [5.74, 6) is -1.26. The fourth-order valence-electron chi connectivity index (χ4n) is 2.58. The van der Waals surface area contributed by atoms with Crippen molar-refractivity contribution in [3.63, 3.8) is 0 Å². The molecule has 0 fully saturated rings. The molecule has 2 aromatic carbocycles. The van der Waals surface area contributed by atoms with Gasteiger partial charge < -0.3 is 9.84 Å². The molecule has 0 atom stereocenters. The van der Waals surface area contributed by atoms with Crippen LogP contribution in [0.2, 0.25) is 0 Å². The molecule has 0 aliphatic carbocycles. The summed E-state index contributed by atoms with van der Waals surface area (Å²) in [5.41, 5.74) is 0.491. The number of nitro benzene ring substituents is 1. The first kappa shape index (κ1) is 16.2. The van der Waals surface area contributed by atoms with Gasteiger partial charge in [0.15, 0.2) is 5.69 Å². The molecule has 0 aliphatic rings. The number of rotatable bonds is 5. The highest BCUT2D eigenvalue weighted by Gasteiger charge is 2.28. The Hall–Kier alpha value is -3.68. The molecule has 3 rings (SSSR count). The second-order valence-electron chi connectivity index (χ2n) is 5.05. The Kier molecular flexibility index (Phi) is 4.17. The lowest BCUT2D eigenvalue weighted by molar-refractivity contribution is -0.384. The van der Waals surface area contributed by atoms with Gasteiger partial charge in [0.1, 0.15) is 5.69 Å². The van der Waals surface area contributed by atoms with Crippen LogP contribution in [0.1, 0.15) is 10.5 Å². The van der Waals surface area contributed by atoms with E-state index in [1.54, 1.807) is 36.4 Å². The summed E-state index contributed by atoms with van der Waals surface area (Å²) in [4.78, 5) is 26.5. The Morgan fingerprint density at radius 1 is 1.16 bits per heavy atom. The number of carboxylic acid groups (broad SMARTS) is 1. The van der Waals surface area contributed by atoms with Gasteiger partial charge in [-0.15, -0.1) is 0 Å². The van der Waals surface area contributed by atoms with Crippen LogP contribution in [0.4, 0.5) is 5.69 Å². The molecule has 0 amide bonds. The predicted molar refractivity (Wildman–Crippen MR) is 89.2 cm³/mol. The van der Waals surface area contributed by atoms with Gasteiger partial charge in [-0.3, -0.25) is 14.7 Å². The first-order chi connectivity index (χ1) is 12.0. The molecule has 0 radical (unpaired) electrons. The summed E-state index contributed by atoms with van der Waals surface area (Å²) in [5, 5.41) is 20.9. The Bertz CT molecular complexity index is 950. The Morgan fingerprint density at radius 3 is 2.40 bits per heavy atom. The molecular formula is C17H13N3O5. The summed E-state index contributed by atoms with van der Waals surface area (Å²) in [6.45, 7) is 0. The fraction of sp³-hybridized carbons (Fsp3) is 0.0588. The van der Waals surface area contributed by atoms with Crippen LogP contribution in [0.25, 0.3) is 16.9 Å². The average Bonchev–Trinajstić information content (AvgIpc) is 3.02. The van der Waals surface area contributed by atoms with Crippen molar-refractivity contribution < 1.29 is 19.6 Å². The quantitative estimate of drug-likeness (QED) is 0.565. The van der Waals surface area contributed by atoms with Crippen molar-refractivity contribution in [2.45, 2.75) is 0 Å². The van der Waals surface area contributed by atoms with Crippen LogP contribution in [0, 0.1) is 10.1 Å². The number of carboxylic acids is 1. The average molecular weight is 339 g/mol. The topological polar surface area (TPSA) is 107 Å². The first-order valence-corrected chi connectivity index (χ1v) is 7.23. The van der Waals surface area contributed by atoms with E-state index in [9.17, 15) is 20.0 Å². The SMILES string of the molecule is COc1nc(C(=O)O)c(-c2ccccc2)n1-c1ccccc1[N+](=O)[O-]. The van der Waals surface area contributed by atoms with Gasteiger partial charge in [-0.25, -0.2) is 4.79 Å². The van der Waals surface area contributed by atoms with Crippen molar-refractivity contribution in [2.75, 3.05) is 7.11 Å². The second-order valence-corrected chi connectivity index (χ2v) is 5.05. The maximum absolute atomic E-state index is 11.7. The highest BCUT2D eigenvalue weighted by atomic mass is 16.6. The van der Waals surface area contributed by atoms with Crippen molar-refractivity contribution >= 4 is 11.7 Å². The monoisotopic (exact) mass is 339 g/mol. The number of hydrogen-bond acceptors (Lipinski definition) is 5. The van der Waals surface area contributed by atoms with Crippen molar-refractivity contribution in [2.24, 2.45) is 0 Å². The minimum Gasteiger partial charge on any atom is -0.476 e. The molecule has 8 nitrogen and oxygen atoms in total. The largest absolute Gasteiger partial charge is 0.476 e. The highest BCUT2D eigenvalue weighted by Crippen LogP contribution is 2.35. The molecule has 0 spiro atoms. The van der Waals surface area contributed by atoms with Crippen molar-refractivity contribution in [1.29, 1.82) is 0 Å². The number of aromatic nitrogens is 2. The zero-order chi connectivity index (χ0) is 18.0. The molecule has 1 aromatic heterocycles. The van der Waals surface area contributed by atoms with Gasteiger partial charge in [0.2, 0.25) is 0 Å². The zero-order valence-corrected chi connectivity index (χ0v) is 13.1. The molecular weight excluding hydrogens is 326 g/mol. The Morgan fingerprint density at radius 2 is 1.80 bits per heavy atom. The minimum absolute atomic E-state index is 0.0504. The number of nitrogens with zero attached hydrogens (tertiary/aromatic N) is 3. The van der Waals surface area contributed by atoms with Gasteiger partial charge in [0, 0.05) is 11.6 Å². The van der Waals surface area contributed by atoms with Gasteiger partial charge >= 0.3 is 12.0 Å². The van der Waals surface area contributed by atoms with E-state index >= 15 is 0 Å². The summed E-state index contributed by atoms with van der Waals surface area (Å²) in [7, 11) is 1.33. The Balaban J connectivity index is 2.41. The summed E-state index contributed by atoms with van der Waals surface area (Å²) >= 11 is 0. The van der Waals surface area contributed by atoms with Crippen LogP contribution in [0.3, 0.4) is 0 Å². The van der Waals surface area contributed by atoms with Crippen molar-refractivity contribution in [1.82, 2.24) is 9.55 Å². The van der Waals surface area contributed by atoms with E-state index in [2.05, 4.69) is 4.98 Å². The van der Waals surface area contributed by atoms with Crippen LogP contribution in [0.15, 0.2) is 54.6 Å². The lowest BCUT2D eigenvalue weighted by atomic mass is 10.1. The predicted octanol–water partition coefficient (Wildman–Crippen LogP) is 3.15. The smallest absolute Gasteiger partial charge is 0.356 e. The van der Waals surface area contributed by atoms with E-state index < -0.39 is 10.9 Å². The molecule has 0 unspecified atom stereocenters. The molecule has 126 valence electrons. The third-order valence-electron chi connectivity index (χ3n) is 3.60. The number of aromatic carboxylic acids is 1. The number of nitro groups is 1. The van der Waals surface area contributed by atoms with Gasteiger partial charge in [-0.2, -0.15) is 4.98 Å². The molecule has 8 heteroatoms. The van der Waals surface area contributed by atoms with Gasteiger partial charge in [-0.1, -0.05) is 42.5 Å². The number of methoxy groups -OCH3 is 1. The summed E-state index contributed by atoms with van der Waals surface area (Å²) < 4.78 is 6.54. The molecule has 0 saturated carbocycles. The number of ether oxygens (including phenoxy) is 1. The van der Waals surface area contributed by atoms with Gasteiger partial charge in [0.05, 0.1) is 17.7 Å². The lowest BCUT2D eigenvalue weighted by Crippen LogP contribution is -2.05. The van der Waals surface area contributed by atoms with E-state index in [1.807, 2.05) is 0 Å². The maximum atomic E-state index is 11.7. The van der Waals surface area contributed by atoms with Crippen LogP contribution >= 0.6 is 0 Å². The van der Waals surface area contributed by atoms with Crippen LogP contribution in [-0.2, 0) is 0 Å². The molecule has 3 aromatic rings. The number of hydrogen-bond donors (Lipinski definition) is 1. The molecule has 0 bridgehead atoms. The molecule has 1 N–H and O–H groups in total. The second kappa shape index (κ2) is 6.44. The van der Waals surface area contributed by atoms with Crippen LogP contribution in [-0.4, -0.2) is 32.7 Å². The van der Waals surface area contributed by atoms with Crippen molar-refractivity contribution in [3.05, 3.63) is 70.4 Å². The number of para-hydroxylation sites is 2. The molecule has 25 heavy (non-hydrogen) atoms. The van der Waals surface area contributed by atoms with E-state index in [0.717, 1.165) is 0 Å². The van der Waals surface area contributed by atoms with Crippen LogP contribution < -0.4 is 4.74 Å². The van der Waals surface area contributed by atoms with Crippen LogP contribution in [0.5, 0.6) is 6.01 Å². The molecule has 0 aliphatic heterocycles. The third kappa shape index (κ3) is 2.80. The number of benzene rings is 2. The molecule has 0 saturated heterocycles. The fourth-order valence-corrected chi connectivity index (χ4v) is 2.58. The summed E-state index contributed by atoms with van der Waals surface area (Å²) in [6.07, 6.45) is 0. The van der Waals surface area contributed by atoms with Gasteiger partial charge in [0.25, 0.3) is 5.69 Å². The van der Waals surface area contributed by atoms with E-state index in [1.165, 1.54) is 29.9 Å². The first-order valence-electron chi connectivity index (χ1n) is 7.23. The zero-order valence-electron chi connectivity index (χ0n) is 13.1.